The number of nitrogens with one attached hydrogen (secondary N) is 5. The average molecular weight is 464 g/mol. The van der Waals surface area contributed by atoms with Gasteiger partial charge in [0.15, 0.2) is 0 Å². The Bertz CT molecular complexity index is 424. The standard InChI is InChI=1S/C8H9N.2C5H11N.2C4H9N.2CH4/c1-2-4-8-6-9-5-7(8)3-1;2*1-2-4-6-5-3-1;2*1-2-4-5-3-1;;/h1-4,9H,5-6H2;2*6H,1-5H2;2*5H,1-4H2;2*1H4. The van der Waals surface area contributed by atoms with Crippen molar-refractivity contribution in [3.05, 3.63) is 35.4 Å². The lowest BCUT2D eigenvalue weighted by atomic mass is 10.1. The predicted molar refractivity (Wildman–Crippen MR) is 148 cm³/mol. The molecule has 0 atom stereocenters. The summed E-state index contributed by atoms with van der Waals surface area (Å²) in [5.74, 6) is 0. The van der Waals surface area contributed by atoms with Gasteiger partial charge in [-0.2, -0.15) is 0 Å². The maximum Gasteiger partial charge on any atom is 0.0211 e. The summed E-state index contributed by atoms with van der Waals surface area (Å²) in [4.78, 5) is 0. The van der Waals surface area contributed by atoms with Crippen LogP contribution in [0.2, 0.25) is 0 Å². The molecular formula is C28H57N5. The second-order valence-corrected chi connectivity index (χ2v) is 8.91. The molecule has 0 spiro atoms. The van der Waals surface area contributed by atoms with Crippen LogP contribution in [0.4, 0.5) is 0 Å². The van der Waals surface area contributed by atoms with Crippen LogP contribution in [0.25, 0.3) is 0 Å². The van der Waals surface area contributed by atoms with E-state index in [1.54, 1.807) is 0 Å². The molecule has 1 aromatic carbocycles. The Labute approximate surface area is 206 Å². The number of fused-ring (bicyclic) bond motifs is 1. The smallest absolute Gasteiger partial charge is 0.0211 e. The Morgan fingerprint density at radius 2 is 0.636 bits per heavy atom. The van der Waals surface area contributed by atoms with Gasteiger partial charge in [0, 0.05) is 13.1 Å². The largest absolute Gasteiger partial charge is 0.317 e. The molecule has 0 saturated carbocycles. The highest BCUT2D eigenvalue weighted by molar-refractivity contribution is 5.29. The van der Waals surface area contributed by atoms with Crippen molar-refractivity contribution in [2.45, 2.75) is 92.2 Å². The number of benzene rings is 1. The van der Waals surface area contributed by atoms with Crippen LogP contribution in [0.15, 0.2) is 24.3 Å². The molecule has 0 aromatic heterocycles. The zero-order valence-electron chi connectivity index (χ0n) is 20.0. The van der Waals surface area contributed by atoms with E-state index in [9.17, 15) is 0 Å². The molecule has 1 aromatic rings. The summed E-state index contributed by atoms with van der Waals surface area (Å²) >= 11 is 0. The molecule has 5 nitrogen and oxygen atoms in total. The minimum absolute atomic E-state index is 0. The summed E-state index contributed by atoms with van der Waals surface area (Å²) < 4.78 is 0. The first-order chi connectivity index (χ1) is 15.5. The van der Waals surface area contributed by atoms with Gasteiger partial charge in [0.2, 0.25) is 0 Å². The Morgan fingerprint density at radius 1 is 0.364 bits per heavy atom. The van der Waals surface area contributed by atoms with Crippen molar-refractivity contribution in [3.8, 4) is 0 Å². The fourth-order valence-corrected chi connectivity index (χ4v) is 4.09. The molecule has 0 bridgehead atoms. The molecule has 33 heavy (non-hydrogen) atoms. The van der Waals surface area contributed by atoms with E-state index in [4.69, 9.17) is 0 Å². The Balaban J connectivity index is 0.000000390. The number of hydrogen-bond acceptors (Lipinski definition) is 5. The quantitative estimate of drug-likeness (QED) is 0.382. The number of rotatable bonds is 0. The number of piperidine rings is 2. The van der Waals surface area contributed by atoms with E-state index in [0.717, 1.165) is 13.1 Å². The first-order valence-electron chi connectivity index (χ1n) is 13.1. The molecule has 5 aliphatic rings. The molecule has 4 saturated heterocycles. The van der Waals surface area contributed by atoms with Gasteiger partial charge in [-0.05, 0) is 115 Å². The summed E-state index contributed by atoms with van der Waals surface area (Å²) in [6, 6.07) is 8.53. The van der Waals surface area contributed by atoms with Crippen LogP contribution in [0, 0.1) is 0 Å². The van der Waals surface area contributed by atoms with Gasteiger partial charge >= 0.3 is 0 Å². The third-order valence-electron chi connectivity index (χ3n) is 6.08. The van der Waals surface area contributed by atoms with Crippen molar-refractivity contribution in [3.63, 3.8) is 0 Å². The van der Waals surface area contributed by atoms with Crippen LogP contribution in [0.5, 0.6) is 0 Å². The van der Waals surface area contributed by atoms with Gasteiger partial charge in [0.25, 0.3) is 0 Å². The van der Waals surface area contributed by atoms with Crippen LogP contribution in [0.3, 0.4) is 0 Å². The molecule has 5 heteroatoms. The molecule has 0 amide bonds. The van der Waals surface area contributed by atoms with Crippen LogP contribution >= 0.6 is 0 Å². The zero-order chi connectivity index (χ0) is 21.7. The first-order valence-corrected chi connectivity index (χ1v) is 13.1. The van der Waals surface area contributed by atoms with E-state index in [0.29, 0.717) is 0 Å². The van der Waals surface area contributed by atoms with E-state index in [-0.39, 0.29) is 14.9 Å². The van der Waals surface area contributed by atoms with Gasteiger partial charge in [-0.3, -0.25) is 0 Å². The van der Waals surface area contributed by atoms with Gasteiger partial charge in [0.05, 0.1) is 0 Å². The second kappa shape index (κ2) is 24.2. The lowest BCUT2D eigenvalue weighted by molar-refractivity contribution is 0.520. The Hall–Kier alpha value is -0.980. The van der Waals surface area contributed by atoms with E-state index < -0.39 is 0 Å². The topological polar surface area (TPSA) is 60.1 Å². The van der Waals surface area contributed by atoms with Gasteiger partial charge < -0.3 is 26.6 Å². The highest BCUT2D eigenvalue weighted by atomic mass is 14.9. The summed E-state index contributed by atoms with van der Waals surface area (Å²) in [6.45, 7) is 12.1. The van der Waals surface area contributed by atoms with E-state index in [1.807, 2.05) is 0 Å². The zero-order valence-corrected chi connectivity index (χ0v) is 20.0. The summed E-state index contributed by atoms with van der Waals surface area (Å²) in [6.07, 6.45) is 14.0. The van der Waals surface area contributed by atoms with Gasteiger partial charge in [-0.25, -0.2) is 0 Å². The van der Waals surface area contributed by atoms with E-state index in [2.05, 4.69) is 50.8 Å². The Morgan fingerprint density at radius 3 is 0.848 bits per heavy atom. The van der Waals surface area contributed by atoms with E-state index >= 15 is 0 Å². The molecule has 4 fully saturated rings. The predicted octanol–water partition coefficient (Wildman–Crippen LogP) is 4.82. The maximum atomic E-state index is 3.29. The highest BCUT2D eigenvalue weighted by Crippen LogP contribution is 2.13. The monoisotopic (exact) mass is 463 g/mol. The fourth-order valence-electron chi connectivity index (χ4n) is 4.09. The van der Waals surface area contributed by atoms with Crippen LogP contribution in [-0.2, 0) is 13.1 Å². The van der Waals surface area contributed by atoms with E-state index in [1.165, 1.54) is 128 Å². The summed E-state index contributed by atoms with van der Waals surface area (Å²) in [5.41, 5.74) is 2.91. The van der Waals surface area contributed by atoms with Crippen LogP contribution in [-0.4, -0.2) is 52.4 Å². The second-order valence-electron chi connectivity index (χ2n) is 8.91. The fraction of sp³-hybridized carbons (Fsp3) is 0.786. The maximum absolute atomic E-state index is 3.29. The van der Waals surface area contributed by atoms with Gasteiger partial charge in [0.1, 0.15) is 0 Å². The van der Waals surface area contributed by atoms with Crippen molar-refractivity contribution in [1.82, 2.24) is 26.6 Å². The van der Waals surface area contributed by atoms with Crippen molar-refractivity contribution < 1.29 is 0 Å². The van der Waals surface area contributed by atoms with Crippen molar-refractivity contribution in [1.29, 1.82) is 0 Å². The van der Waals surface area contributed by atoms with Crippen LogP contribution in [0.1, 0.15) is 90.2 Å². The molecule has 0 radical (unpaired) electrons. The van der Waals surface area contributed by atoms with Gasteiger partial charge in [-0.1, -0.05) is 52.0 Å². The van der Waals surface area contributed by atoms with Crippen molar-refractivity contribution in [2.75, 3.05) is 52.4 Å². The van der Waals surface area contributed by atoms with Gasteiger partial charge in [-0.15, -0.1) is 0 Å². The van der Waals surface area contributed by atoms with Crippen molar-refractivity contribution >= 4 is 0 Å². The van der Waals surface area contributed by atoms with Crippen molar-refractivity contribution in [2.24, 2.45) is 0 Å². The minimum Gasteiger partial charge on any atom is -0.317 e. The molecule has 0 aliphatic carbocycles. The minimum atomic E-state index is 0. The average Bonchev–Trinajstić information content (AvgIpc) is 3.67. The molecule has 5 heterocycles. The third-order valence-corrected chi connectivity index (χ3v) is 6.08. The molecule has 5 N–H and O–H groups in total. The SMILES string of the molecule is C.C.C1CCNC1.C1CCNC1.C1CCNCC1.C1CCNCC1.c1ccc2c(c1)CNC2. The molecule has 0 unspecified atom stereocenters. The third kappa shape index (κ3) is 18.1. The number of hydrogen-bond donors (Lipinski definition) is 5. The molecule has 6 rings (SSSR count). The lowest BCUT2D eigenvalue weighted by Gasteiger charge is -2.08. The lowest BCUT2D eigenvalue weighted by Crippen LogP contribution is -2.21. The molecule has 194 valence electrons. The van der Waals surface area contributed by atoms with Crippen LogP contribution < -0.4 is 26.6 Å². The first kappa shape index (κ1) is 32.0. The highest BCUT2D eigenvalue weighted by Gasteiger charge is 2.06. The molecular weight excluding hydrogens is 406 g/mol. The summed E-state index contributed by atoms with van der Waals surface area (Å²) in [5, 5.41) is 16.3. The Kier molecular flexibility index (Phi) is 23.4. The molecule has 5 aliphatic heterocycles. The summed E-state index contributed by atoms with van der Waals surface area (Å²) in [7, 11) is 0. The normalized spacial score (nSPS) is 20.2.